The normalized spacial score (nSPS) is 16.2. The lowest BCUT2D eigenvalue weighted by molar-refractivity contribution is -0.115. The van der Waals surface area contributed by atoms with Gasteiger partial charge in [-0.05, 0) is 42.9 Å². The summed E-state index contributed by atoms with van der Waals surface area (Å²) in [6.45, 7) is 0. The lowest BCUT2D eigenvalue weighted by atomic mass is 10.00. The quantitative estimate of drug-likeness (QED) is 0.804. The summed E-state index contributed by atoms with van der Waals surface area (Å²) in [7, 11) is 0. The summed E-state index contributed by atoms with van der Waals surface area (Å²) in [5.41, 5.74) is 2.13. The first-order chi connectivity index (χ1) is 8.27. The second kappa shape index (κ2) is 6.15. The van der Waals surface area contributed by atoms with Gasteiger partial charge in [0.15, 0.2) is 5.78 Å². The molecule has 0 N–H and O–H groups in total. The number of rotatable bonds is 3. The second-order valence-electron chi connectivity index (χ2n) is 4.52. The number of hydrogen-bond donors (Lipinski definition) is 0. The summed E-state index contributed by atoms with van der Waals surface area (Å²) < 4.78 is 1.03. The standard InChI is InChI=1S/C15H17BrO/c16-14-10-6-5-9-13(14)11-15(17)12-7-3-1-2-4-8-12/h5-7,9-10H,1-4,8,11H2. The van der Waals surface area contributed by atoms with E-state index in [-0.39, 0.29) is 0 Å². The van der Waals surface area contributed by atoms with Crippen LogP contribution in [-0.2, 0) is 11.2 Å². The largest absolute Gasteiger partial charge is 0.294 e. The van der Waals surface area contributed by atoms with Crippen LogP contribution in [0.2, 0.25) is 0 Å². The topological polar surface area (TPSA) is 17.1 Å². The Bertz CT molecular complexity index is 434. The van der Waals surface area contributed by atoms with Gasteiger partial charge in [0.25, 0.3) is 0 Å². The van der Waals surface area contributed by atoms with Gasteiger partial charge in [-0.15, -0.1) is 0 Å². The molecule has 0 bridgehead atoms. The molecule has 1 nitrogen and oxygen atoms in total. The second-order valence-corrected chi connectivity index (χ2v) is 5.37. The van der Waals surface area contributed by atoms with Crippen LogP contribution < -0.4 is 0 Å². The van der Waals surface area contributed by atoms with Crippen molar-refractivity contribution in [1.82, 2.24) is 0 Å². The van der Waals surface area contributed by atoms with Gasteiger partial charge in [-0.2, -0.15) is 0 Å². The van der Waals surface area contributed by atoms with E-state index in [1.165, 1.54) is 12.8 Å². The number of Topliss-reactive ketones (excluding diaryl/α,β-unsaturated/α-hetero) is 1. The Kier molecular flexibility index (Phi) is 4.55. The van der Waals surface area contributed by atoms with Crippen LogP contribution in [0.5, 0.6) is 0 Å². The van der Waals surface area contributed by atoms with Crippen molar-refractivity contribution in [2.75, 3.05) is 0 Å². The van der Waals surface area contributed by atoms with Crippen molar-refractivity contribution in [1.29, 1.82) is 0 Å². The molecule has 0 saturated heterocycles. The first-order valence-corrected chi connectivity index (χ1v) is 7.02. The molecule has 1 aromatic rings. The summed E-state index contributed by atoms with van der Waals surface area (Å²) in [5.74, 6) is 0.291. The van der Waals surface area contributed by atoms with Crippen LogP contribution in [0.4, 0.5) is 0 Å². The number of ketones is 1. The van der Waals surface area contributed by atoms with E-state index in [0.29, 0.717) is 12.2 Å². The summed E-state index contributed by atoms with van der Waals surface area (Å²) >= 11 is 3.49. The smallest absolute Gasteiger partial charge is 0.162 e. The third kappa shape index (κ3) is 3.53. The van der Waals surface area contributed by atoms with Gasteiger partial charge in [0, 0.05) is 10.9 Å². The number of allylic oxidation sites excluding steroid dienone is 2. The average Bonchev–Trinajstić information content (AvgIpc) is 2.61. The van der Waals surface area contributed by atoms with E-state index < -0.39 is 0 Å². The van der Waals surface area contributed by atoms with Crippen molar-refractivity contribution >= 4 is 21.7 Å². The van der Waals surface area contributed by atoms with Gasteiger partial charge >= 0.3 is 0 Å². The fourth-order valence-electron chi connectivity index (χ4n) is 2.20. The minimum absolute atomic E-state index is 0.291. The van der Waals surface area contributed by atoms with E-state index in [9.17, 15) is 4.79 Å². The minimum atomic E-state index is 0.291. The van der Waals surface area contributed by atoms with Gasteiger partial charge in [-0.25, -0.2) is 0 Å². The summed E-state index contributed by atoms with van der Waals surface area (Å²) in [6, 6.07) is 7.96. The molecule has 90 valence electrons. The Morgan fingerprint density at radius 3 is 2.82 bits per heavy atom. The highest BCUT2D eigenvalue weighted by Gasteiger charge is 2.13. The minimum Gasteiger partial charge on any atom is -0.294 e. The number of halogens is 1. The van der Waals surface area contributed by atoms with Crippen LogP contribution in [0, 0.1) is 0 Å². The van der Waals surface area contributed by atoms with E-state index >= 15 is 0 Å². The monoisotopic (exact) mass is 292 g/mol. The predicted octanol–water partition coefficient (Wildman–Crippen LogP) is 4.45. The molecule has 0 saturated carbocycles. The third-order valence-electron chi connectivity index (χ3n) is 3.21. The molecule has 1 aliphatic carbocycles. The fraction of sp³-hybridized carbons (Fsp3) is 0.400. The van der Waals surface area contributed by atoms with E-state index in [4.69, 9.17) is 0 Å². The Morgan fingerprint density at radius 1 is 1.18 bits per heavy atom. The summed E-state index contributed by atoms with van der Waals surface area (Å²) in [6.07, 6.45) is 8.33. The van der Waals surface area contributed by atoms with Crippen molar-refractivity contribution < 1.29 is 4.79 Å². The van der Waals surface area contributed by atoms with Gasteiger partial charge in [-0.1, -0.05) is 46.6 Å². The lowest BCUT2D eigenvalue weighted by Gasteiger charge is -2.06. The molecule has 0 radical (unpaired) electrons. The third-order valence-corrected chi connectivity index (χ3v) is 3.98. The zero-order valence-corrected chi connectivity index (χ0v) is 11.5. The average molecular weight is 293 g/mol. The maximum atomic E-state index is 12.2. The lowest BCUT2D eigenvalue weighted by Crippen LogP contribution is -2.06. The summed E-state index contributed by atoms with van der Waals surface area (Å²) in [4.78, 5) is 12.2. The molecule has 0 aliphatic heterocycles. The predicted molar refractivity (Wildman–Crippen MR) is 74.0 cm³/mol. The molecule has 0 aromatic heterocycles. The highest BCUT2D eigenvalue weighted by molar-refractivity contribution is 9.10. The van der Waals surface area contributed by atoms with Crippen LogP contribution in [-0.4, -0.2) is 5.78 Å². The van der Waals surface area contributed by atoms with Crippen molar-refractivity contribution in [2.45, 2.75) is 38.5 Å². The zero-order valence-electron chi connectivity index (χ0n) is 9.92. The molecular formula is C15H17BrO. The molecule has 2 heteroatoms. The van der Waals surface area contributed by atoms with Crippen molar-refractivity contribution in [2.24, 2.45) is 0 Å². The van der Waals surface area contributed by atoms with Gasteiger partial charge in [0.1, 0.15) is 0 Å². The number of hydrogen-bond acceptors (Lipinski definition) is 1. The van der Waals surface area contributed by atoms with Gasteiger partial charge < -0.3 is 0 Å². The van der Waals surface area contributed by atoms with Crippen LogP contribution in [0.15, 0.2) is 40.4 Å². The number of carbonyl (C=O) groups is 1. The highest BCUT2D eigenvalue weighted by atomic mass is 79.9. The number of benzene rings is 1. The Balaban J connectivity index is 2.06. The van der Waals surface area contributed by atoms with E-state index in [1.807, 2.05) is 24.3 Å². The van der Waals surface area contributed by atoms with Gasteiger partial charge in [0.2, 0.25) is 0 Å². The molecule has 1 aromatic carbocycles. The molecule has 0 atom stereocenters. The molecule has 0 fully saturated rings. The maximum absolute atomic E-state index is 12.2. The number of carbonyl (C=O) groups excluding carboxylic acids is 1. The SMILES string of the molecule is O=C(Cc1ccccc1Br)C1=CCCCCC1. The Labute approximate surface area is 111 Å². The van der Waals surface area contributed by atoms with Crippen LogP contribution in [0.3, 0.4) is 0 Å². The Morgan fingerprint density at radius 2 is 2.00 bits per heavy atom. The van der Waals surface area contributed by atoms with Crippen molar-refractivity contribution in [3.05, 3.63) is 46.0 Å². The van der Waals surface area contributed by atoms with Crippen LogP contribution in [0.25, 0.3) is 0 Å². The first-order valence-electron chi connectivity index (χ1n) is 6.23. The van der Waals surface area contributed by atoms with E-state index in [1.54, 1.807) is 0 Å². The zero-order chi connectivity index (χ0) is 12.1. The van der Waals surface area contributed by atoms with Gasteiger partial charge in [0.05, 0.1) is 0 Å². The Hall–Kier alpha value is -0.890. The van der Waals surface area contributed by atoms with Crippen molar-refractivity contribution in [3.8, 4) is 0 Å². The molecule has 0 spiro atoms. The molecule has 1 aliphatic rings. The molecule has 17 heavy (non-hydrogen) atoms. The molecule has 2 rings (SSSR count). The van der Waals surface area contributed by atoms with Crippen molar-refractivity contribution in [3.63, 3.8) is 0 Å². The van der Waals surface area contributed by atoms with E-state index in [0.717, 1.165) is 34.9 Å². The molecular weight excluding hydrogens is 276 g/mol. The first kappa shape index (κ1) is 12.6. The highest BCUT2D eigenvalue weighted by Crippen LogP contribution is 2.22. The summed E-state index contributed by atoms with van der Waals surface area (Å²) in [5, 5.41) is 0. The molecule has 0 heterocycles. The fourth-order valence-corrected chi connectivity index (χ4v) is 2.62. The van der Waals surface area contributed by atoms with Crippen LogP contribution in [0.1, 0.15) is 37.7 Å². The van der Waals surface area contributed by atoms with Crippen LogP contribution >= 0.6 is 15.9 Å². The van der Waals surface area contributed by atoms with Gasteiger partial charge in [-0.3, -0.25) is 4.79 Å². The maximum Gasteiger partial charge on any atom is 0.162 e. The molecule has 0 amide bonds. The molecule has 0 unspecified atom stereocenters. The van der Waals surface area contributed by atoms with E-state index in [2.05, 4.69) is 22.0 Å².